The van der Waals surface area contributed by atoms with Gasteiger partial charge in [-0.2, -0.15) is 5.10 Å². The van der Waals surface area contributed by atoms with Gasteiger partial charge in [-0.05, 0) is 18.6 Å². The molecule has 108 valence electrons. The number of aliphatic hydroxyl groups excluding tert-OH is 1. The quantitative estimate of drug-likeness (QED) is 0.826. The number of carbonyl (C=O) groups is 1. The van der Waals surface area contributed by atoms with Crippen molar-refractivity contribution >= 4 is 5.91 Å². The van der Waals surface area contributed by atoms with Gasteiger partial charge >= 0.3 is 0 Å². The predicted octanol–water partition coefficient (Wildman–Crippen LogP) is 1.00. The van der Waals surface area contributed by atoms with Gasteiger partial charge < -0.3 is 10.4 Å². The van der Waals surface area contributed by atoms with Crippen LogP contribution in [0.5, 0.6) is 0 Å². The van der Waals surface area contributed by atoms with Gasteiger partial charge in [-0.25, -0.2) is 0 Å². The van der Waals surface area contributed by atoms with E-state index in [1.54, 1.807) is 17.9 Å². The second-order valence-corrected chi connectivity index (χ2v) is 4.57. The molecule has 0 spiro atoms. The summed E-state index contributed by atoms with van der Waals surface area (Å²) in [6, 6.07) is 7.52. The lowest BCUT2D eigenvalue weighted by atomic mass is 10.1. The highest BCUT2D eigenvalue weighted by molar-refractivity contribution is 5.95. The molecule has 1 amide bonds. The molecule has 0 fully saturated rings. The van der Waals surface area contributed by atoms with Crippen LogP contribution in [-0.2, 0) is 13.6 Å². The van der Waals surface area contributed by atoms with Crippen LogP contribution in [0.2, 0.25) is 0 Å². The maximum atomic E-state index is 12.1. The molecule has 1 aromatic carbocycles. The largest absolute Gasteiger partial charge is 0.384 e. The maximum absolute atomic E-state index is 12.1. The van der Waals surface area contributed by atoms with Gasteiger partial charge in [0.25, 0.3) is 5.91 Å². The zero-order chi connectivity index (χ0) is 15.2. The molecule has 0 radical (unpaired) electrons. The normalized spacial score (nSPS) is 9.86. The summed E-state index contributed by atoms with van der Waals surface area (Å²) >= 11 is 0. The molecule has 2 rings (SSSR count). The smallest absolute Gasteiger partial charge is 0.255 e. The molecular formula is C16H17N3O2. The second-order valence-electron chi connectivity index (χ2n) is 4.57. The number of aliphatic hydroxyl groups is 1. The van der Waals surface area contributed by atoms with E-state index in [0.29, 0.717) is 12.1 Å². The van der Waals surface area contributed by atoms with Crippen molar-refractivity contribution in [1.82, 2.24) is 15.1 Å². The van der Waals surface area contributed by atoms with Gasteiger partial charge in [-0.1, -0.05) is 30.0 Å². The van der Waals surface area contributed by atoms with E-state index in [4.69, 9.17) is 5.11 Å². The number of nitrogens with zero attached hydrogens (tertiary/aromatic N) is 2. The van der Waals surface area contributed by atoms with Crippen molar-refractivity contribution in [2.45, 2.75) is 13.5 Å². The van der Waals surface area contributed by atoms with E-state index in [1.807, 2.05) is 31.2 Å². The van der Waals surface area contributed by atoms with E-state index in [-0.39, 0.29) is 12.5 Å². The van der Waals surface area contributed by atoms with Crippen molar-refractivity contribution < 1.29 is 9.90 Å². The van der Waals surface area contributed by atoms with Crippen molar-refractivity contribution in [3.63, 3.8) is 0 Å². The molecule has 0 saturated heterocycles. The summed E-state index contributed by atoms with van der Waals surface area (Å²) in [5, 5.41) is 15.7. The first-order chi connectivity index (χ1) is 10.1. The highest BCUT2D eigenvalue weighted by Crippen LogP contribution is 2.09. The number of hydrogen-bond acceptors (Lipinski definition) is 3. The molecule has 2 aromatic rings. The van der Waals surface area contributed by atoms with Crippen LogP contribution in [0.3, 0.4) is 0 Å². The number of benzene rings is 1. The minimum atomic E-state index is -0.185. The van der Waals surface area contributed by atoms with Crippen LogP contribution in [0.1, 0.15) is 27.2 Å². The van der Waals surface area contributed by atoms with E-state index in [1.165, 1.54) is 0 Å². The minimum absolute atomic E-state index is 0.162. The van der Waals surface area contributed by atoms with E-state index in [9.17, 15) is 4.79 Å². The van der Waals surface area contributed by atoms with Crippen molar-refractivity contribution in [1.29, 1.82) is 0 Å². The van der Waals surface area contributed by atoms with Crippen LogP contribution in [-0.4, -0.2) is 27.4 Å². The average Bonchev–Trinajstić information content (AvgIpc) is 2.83. The Morgan fingerprint density at radius 2 is 2.19 bits per heavy atom. The third-order valence-corrected chi connectivity index (χ3v) is 3.24. The number of aryl methyl sites for hydroxylation is 1. The van der Waals surface area contributed by atoms with Crippen LogP contribution >= 0.6 is 0 Å². The summed E-state index contributed by atoms with van der Waals surface area (Å²) < 4.78 is 1.66. The van der Waals surface area contributed by atoms with Crippen LogP contribution < -0.4 is 5.32 Å². The zero-order valence-corrected chi connectivity index (χ0v) is 12.1. The van der Waals surface area contributed by atoms with Crippen LogP contribution in [0, 0.1) is 18.8 Å². The Kier molecular flexibility index (Phi) is 4.75. The summed E-state index contributed by atoms with van der Waals surface area (Å²) in [5.74, 6) is 5.33. The lowest BCUT2D eigenvalue weighted by Crippen LogP contribution is -2.23. The first-order valence-corrected chi connectivity index (χ1v) is 6.58. The molecule has 5 nitrogen and oxygen atoms in total. The van der Waals surface area contributed by atoms with Gasteiger partial charge in [-0.3, -0.25) is 9.48 Å². The fraction of sp³-hybridized carbons (Fsp3) is 0.250. The fourth-order valence-corrected chi connectivity index (χ4v) is 1.92. The molecule has 0 aliphatic rings. The topological polar surface area (TPSA) is 67.2 Å². The van der Waals surface area contributed by atoms with E-state index in [2.05, 4.69) is 22.3 Å². The molecule has 0 saturated carbocycles. The number of aromatic nitrogens is 2. The summed E-state index contributed by atoms with van der Waals surface area (Å²) in [5.41, 5.74) is 3.10. The van der Waals surface area contributed by atoms with Crippen molar-refractivity contribution in [3.8, 4) is 11.8 Å². The average molecular weight is 283 g/mol. The summed E-state index contributed by atoms with van der Waals surface area (Å²) in [4.78, 5) is 12.1. The Labute approximate surface area is 123 Å². The first-order valence-electron chi connectivity index (χ1n) is 6.58. The van der Waals surface area contributed by atoms with E-state index in [0.717, 1.165) is 16.8 Å². The van der Waals surface area contributed by atoms with Gasteiger partial charge in [-0.15, -0.1) is 0 Å². The number of rotatable bonds is 3. The van der Waals surface area contributed by atoms with Crippen molar-refractivity contribution in [2.75, 3.05) is 6.61 Å². The third kappa shape index (κ3) is 3.50. The van der Waals surface area contributed by atoms with E-state index < -0.39 is 0 Å². The molecule has 0 unspecified atom stereocenters. The molecule has 1 aromatic heterocycles. The van der Waals surface area contributed by atoms with Gasteiger partial charge in [0.05, 0.1) is 11.8 Å². The summed E-state index contributed by atoms with van der Waals surface area (Å²) in [6.07, 6.45) is 1.56. The fourth-order valence-electron chi connectivity index (χ4n) is 1.92. The molecule has 0 atom stereocenters. The number of nitrogens with one attached hydrogen (secondary N) is 1. The van der Waals surface area contributed by atoms with Crippen LogP contribution in [0.25, 0.3) is 0 Å². The predicted molar refractivity (Wildman–Crippen MR) is 79.5 cm³/mol. The Balaban J connectivity index is 2.10. The summed E-state index contributed by atoms with van der Waals surface area (Å²) in [6.45, 7) is 2.04. The molecule has 0 bridgehead atoms. The summed E-state index contributed by atoms with van der Waals surface area (Å²) in [7, 11) is 1.80. The van der Waals surface area contributed by atoms with Gasteiger partial charge in [0.15, 0.2) is 0 Å². The maximum Gasteiger partial charge on any atom is 0.255 e. The number of carbonyl (C=O) groups excluding carboxylic acids is 1. The number of amides is 1. The Bertz CT molecular complexity index is 708. The molecule has 0 aliphatic heterocycles. The van der Waals surface area contributed by atoms with Gasteiger partial charge in [0, 0.05) is 24.8 Å². The Morgan fingerprint density at radius 1 is 1.43 bits per heavy atom. The van der Waals surface area contributed by atoms with Crippen molar-refractivity contribution in [3.05, 3.63) is 52.8 Å². The second kappa shape index (κ2) is 6.73. The lowest BCUT2D eigenvalue weighted by molar-refractivity contribution is 0.0950. The van der Waals surface area contributed by atoms with Gasteiger partial charge in [0.2, 0.25) is 0 Å². The zero-order valence-electron chi connectivity index (χ0n) is 12.1. The highest BCUT2D eigenvalue weighted by Gasteiger charge is 2.12. The third-order valence-electron chi connectivity index (χ3n) is 3.24. The lowest BCUT2D eigenvalue weighted by Gasteiger charge is -2.07. The van der Waals surface area contributed by atoms with Crippen LogP contribution in [0.4, 0.5) is 0 Å². The minimum Gasteiger partial charge on any atom is -0.384 e. The van der Waals surface area contributed by atoms with Crippen molar-refractivity contribution in [2.24, 2.45) is 7.05 Å². The SMILES string of the molecule is Cc1c(C(=O)NCc2ccccc2C#CCO)cnn1C. The molecule has 21 heavy (non-hydrogen) atoms. The molecule has 1 heterocycles. The Morgan fingerprint density at radius 3 is 2.86 bits per heavy atom. The molecular weight excluding hydrogens is 266 g/mol. The first kappa shape index (κ1) is 14.8. The monoisotopic (exact) mass is 283 g/mol. The molecule has 0 aliphatic carbocycles. The molecule has 5 heteroatoms. The number of hydrogen-bond donors (Lipinski definition) is 2. The van der Waals surface area contributed by atoms with E-state index >= 15 is 0 Å². The van der Waals surface area contributed by atoms with Gasteiger partial charge in [0.1, 0.15) is 6.61 Å². The van der Waals surface area contributed by atoms with Crippen LogP contribution in [0.15, 0.2) is 30.5 Å². The molecule has 2 N–H and O–H groups in total. The Hall–Kier alpha value is -2.58. The standard InChI is InChI=1S/C16H17N3O2/c1-12-15(11-18-19(12)2)16(21)17-10-14-7-4-3-6-13(14)8-5-9-20/h3-4,6-7,11,20H,9-10H2,1-2H3,(H,17,21). The highest BCUT2D eigenvalue weighted by atomic mass is 16.2.